The van der Waals surface area contributed by atoms with Gasteiger partial charge in [-0.1, -0.05) is 24.6 Å². The van der Waals surface area contributed by atoms with Gasteiger partial charge >= 0.3 is 5.97 Å². The molecule has 156 valence electrons. The number of carbonyl (C=O) groups excluding carboxylic acids is 1. The molecule has 4 rings (SSSR count). The second-order valence-corrected chi connectivity index (χ2v) is 9.12. The molecular weight excluding hydrogens is 402 g/mol. The fourth-order valence-electron chi connectivity index (χ4n) is 3.44. The van der Waals surface area contributed by atoms with Gasteiger partial charge in [0.1, 0.15) is 6.61 Å². The monoisotopic (exact) mass is 425 g/mol. The zero-order valence-corrected chi connectivity index (χ0v) is 17.3. The maximum absolute atomic E-state index is 12.8. The van der Waals surface area contributed by atoms with Gasteiger partial charge in [0, 0.05) is 25.5 Å². The zero-order valence-electron chi connectivity index (χ0n) is 16.5. The summed E-state index contributed by atoms with van der Waals surface area (Å²) < 4.78 is 34.3. The summed E-state index contributed by atoms with van der Waals surface area (Å²) in [6, 6.07) is 15.4. The predicted molar refractivity (Wildman–Crippen MR) is 112 cm³/mol. The van der Waals surface area contributed by atoms with Crippen molar-refractivity contribution in [2.75, 3.05) is 13.1 Å². The maximum Gasteiger partial charge on any atom is 0.338 e. The van der Waals surface area contributed by atoms with Crippen molar-refractivity contribution in [3.05, 3.63) is 78.1 Å². The summed E-state index contributed by atoms with van der Waals surface area (Å²) in [4.78, 5) is 12.6. The van der Waals surface area contributed by atoms with Crippen molar-refractivity contribution in [1.82, 2.24) is 14.1 Å². The van der Waals surface area contributed by atoms with E-state index in [1.165, 1.54) is 16.4 Å². The highest BCUT2D eigenvalue weighted by Gasteiger charge is 2.26. The quantitative estimate of drug-likeness (QED) is 0.566. The molecule has 30 heavy (non-hydrogen) atoms. The Morgan fingerprint density at radius 3 is 2.47 bits per heavy atom. The molecule has 8 heteroatoms. The highest BCUT2D eigenvalue weighted by Crippen LogP contribution is 2.22. The molecule has 1 fully saturated rings. The summed E-state index contributed by atoms with van der Waals surface area (Å²) >= 11 is 0. The Labute approximate surface area is 175 Å². The average Bonchev–Trinajstić information content (AvgIpc) is 3.33. The normalized spacial score (nSPS) is 15.1. The van der Waals surface area contributed by atoms with Crippen molar-refractivity contribution >= 4 is 16.0 Å². The van der Waals surface area contributed by atoms with Crippen molar-refractivity contribution in [1.29, 1.82) is 0 Å². The first-order valence-electron chi connectivity index (χ1n) is 9.90. The number of sulfonamides is 1. The van der Waals surface area contributed by atoms with Crippen molar-refractivity contribution in [3.8, 4) is 5.69 Å². The van der Waals surface area contributed by atoms with E-state index in [0.717, 1.165) is 30.5 Å². The molecule has 1 aromatic heterocycles. The Kier molecular flexibility index (Phi) is 5.96. The summed E-state index contributed by atoms with van der Waals surface area (Å²) in [5.41, 5.74) is 1.96. The van der Waals surface area contributed by atoms with Crippen LogP contribution in [0.4, 0.5) is 0 Å². The van der Waals surface area contributed by atoms with E-state index in [1.807, 2.05) is 36.5 Å². The number of rotatable bonds is 6. The van der Waals surface area contributed by atoms with Crippen molar-refractivity contribution in [2.45, 2.75) is 30.8 Å². The molecule has 1 aliphatic rings. The average molecular weight is 426 g/mol. The van der Waals surface area contributed by atoms with Gasteiger partial charge in [0.05, 0.1) is 16.1 Å². The van der Waals surface area contributed by atoms with E-state index in [9.17, 15) is 13.2 Å². The van der Waals surface area contributed by atoms with E-state index in [4.69, 9.17) is 4.74 Å². The maximum atomic E-state index is 12.8. The number of benzene rings is 2. The van der Waals surface area contributed by atoms with Gasteiger partial charge in [-0.15, -0.1) is 0 Å². The van der Waals surface area contributed by atoms with Gasteiger partial charge in [0.25, 0.3) is 0 Å². The molecule has 0 radical (unpaired) electrons. The lowest BCUT2D eigenvalue weighted by molar-refractivity contribution is 0.0472. The van der Waals surface area contributed by atoms with Crippen LogP contribution in [-0.4, -0.2) is 41.6 Å². The Bertz CT molecular complexity index is 1100. The van der Waals surface area contributed by atoms with E-state index in [1.54, 1.807) is 23.0 Å². The molecule has 0 unspecified atom stereocenters. The number of piperidine rings is 1. The van der Waals surface area contributed by atoms with Crippen LogP contribution >= 0.6 is 0 Å². The van der Waals surface area contributed by atoms with Gasteiger partial charge in [0.15, 0.2) is 0 Å². The van der Waals surface area contributed by atoms with Gasteiger partial charge < -0.3 is 4.74 Å². The van der Waals surface area contributed by atoms with Crippen LogP contribution in [0.2, 0.25) is 0 Å². The fourth-order valence-corrected chi connectivity index (χ4v) is 5.00. The second-order valence-electron chi connectivity index (χ2n) is 7.19. The third kappa shape index (κ3) is 4.44. The Balaban J connectivity index is 1.42. The molecule has 0 atom stereocenters. The molecule has 1 aliphatic heterocycles. The van der Waals surface area contributed by atoms with Crippen LogP contribution in [0.3, 0.4) is 0 Å². The molecule has 1 saturated heterocycles. The van der Waals surface area contributed by atoms with Crippen molar-refractivity contribution < 1.29 is 17.9 Å². The van der Waals surface area contributed by atoms with Crippen LogP contribution in [-0.2, 0) is 21.4 Å². The number of esters is 1. The Morgan fingerprint density at radius 2 is 1.77 bits per heavy atom. The lowest BCUT2D eigenvalue weighted by Crippen LogP contribution is -2.35. The second kappa shape index (κ2) is 8.81. The van der Waals surface area contributed by atoms with Crippen molar-refractivity contribution in [3.63, 3.8) is 0 Å². The molecule has 0 bridgehead atoms. The molecule has 0 amide bonds. The number of aromatic nitrogens is 2. The molecular formula is C22H23N3O4S. The van der Waals surface area contributed by atoms with E-state index in [2.05, 4.69) is 5.10 Å². The third-order valence-corrected chi connectivity index (χ3v) is 6.99. The zero-order chi connectivity index (χ0) is 21.0. The number of nitrogens with zero attached hydrogens (tertiary/aromatic N) is 3. The molecule has 0 aliphatic carbocycles. The molecule has 7 nitrogen and oxygen atoms in total. The minimum atomic E-state index is -3.59. The number of ether oxygens (including phenoxy) is 1. The first kappa shape index (κ1) is 20.3. The first-order valence-corrected chi connectivity index (χ1v) is 11.3. The lowest BCUT2D eigenvalue weighted by Gasteiger charge is -2.25. The summed E-state index contributed by atoms with van der Waals surface area (Å²) in [6.07, 6.45) is 6.32. The minimum absolute atomic E-state index is 0.0985. The van der Waals surface area contributed by atoms with Crippen LogP contribution in [0.15, 0.2) is 71.9 Å². The highest BCUT2D eigenvalue weighted by atomic mass is 32.2. The number of carbonyl (C=O) groups is 1. The van der Waals surface area contributed by atoms with E-state index in [-0.39, 0.29) is 17.1 Å². The van der Waals surface area contributed by atoms with Gasteiger partial charge in [-0.2, -0.15) is 9.40 Å². The standard InChI is InChI=1S/C22H23N3O4S/c26-22(29-17-18-8-10-20(11-9-18)25-15-5-12-23-25)19-6-4-7-21(16-19)30(27,28)24-13-2-1-3-14-24/h4-12,15-16H,1-3,13-14,17H2. The third-order valence-electron chi connectivity index (χ3n) is 5.10. The predicted octanol–water partition coefficient (Wildman–Crippen LogP) is 3.40. The topological polar surface area (TPSA) is 81.5 Å². The van der Waals surface area contributed by atoms with Gasteiger partial charge in [-0.05, 0) is 54.8 Å². The van der Waals surface area contributed by atoms with E-state index in [0.29, 0.717) is 13.1 Å². The summed E-state index contributed by atoms with van der Waals surface area (Å²) in [5.74, 6) is -0.554. The van der Waals surface area contributed by atoms with Gasteiger partial charge in [0.2, 0.25) is 10.0 Å². The van der Waals surface area contributed by atoms with Crippen LogP contribution < -0.4 is 0 Å². The van der Waals surface area contributed by atoms with Crippen molar-refractivity contribution in [2.24, 2.45) is 0 Å². The molecule has 0 spiro atoms. The van der Waals surface area contributed by atoms with Gasteiger partial charge in [-0.3, -0.25) is 0 Å². The number of hydrogen-bond acceptors (Lipinski definition) is 5. The Morgan fingerprint density at radius 1 is 1.00 bits per heavy atom. The molecule has 2 aromatic carbocycles. The van der Waals surface area contributed by atoms with Crippen LogP contribution in [0.1, 0.15) is 35.2 Å². The van der Waals surface area contributed by atoms with Crippen LogP contribution in [0, 0.1) is 0 Å². The largest absolute Gasteiger partial charge is 0.457 e. The van der Waals surface area contributed by atoms with Gasteiger partial charge in [-0.25, -0.2) is 17.9 Å². The minimum Gasteiger partial charge on any atom is -0.457 e. The first-order chi connectivity index (χ1) is 14.5. The summed E-state index contributed by atoms with van der Waals surface area (Å²) in [6.45, 7) is 1.14. The van der Waals surface area contributed by atoms with Crippen LogP contribution in [0.25, 0.3) is 5.69 Å². The van der Waals surface area contributed by atoms with E-state index < -0.39 is 16.0 Å². The molecule has 3 aromatic rings. The number of hydrogen-bond donors (Lipinski definition) is 0. The smallest absolute Gasteiger partial charge is 0.338 e. The summed E-state index contributed by atoms with van der Waals surface area (Å²) in [7, 11) is -3.59. The lowest BCUT2D eigenvalue weighted by atomic mass is 10.2. The Hall–Kier alpha value is -2.97. The SMILES string of the molecule is O=C(OCc1ccc(-n2cccn2)cc1)c1cccc(S(=O)(=O)N2CCCCC2)c1. The molecule has 0 saturated carbocycles. The summed E-state index contributed by atoms with van der Waals surface area (Å²) in [5, 5.41) is 4.17. The molecule has 2 heterocycles. The van der Waals surface area contributed by atoms with Crippen LogP contribution in [0.5, 0.6) is 0 Å². The fraction of sp³-hybridized carbons (Fsp3) is 0.273. The highest BCUT2D eigenvalue weighted by molar-refractivity contribution is 7.89. The van der Waals surface area contributed by atoms with E-state index >= 15 is 0 Å². The molecule has 0 N–H and O–H groups in total.